The van der Waals surface area contributed by atoms with Gasteiger partial charge >= 0.3 is 0 Å². The molecule has 0 bridgehead atoms. The molecule has 5 heteroatoms. The summed E-state index contributed by atoms with van der Waals surface area (Å²) in [6.07, 6.45) is 1.89. The maximum atomic E-state index is 4.42. The van der Waals surface area contributed by atoms with Crippen LogP contribution in [0.15, 0.2) is 12.3 Å². The van der Waals surface area contributed by atoms with Crippen LogP contribution >= 0.6 is 0 Å². The van der Waals surface area contributed by atoms with Gasteiger partial charge in [-0.25, -0.2) is 4.68 Å². The highest BCUT2D eigenvalue weighted by Gasteiger charge is 2.35. The molecule has 0 aliphatic carbocycles. The third-order valence-electron chi connectivity index (χ3n) is 4.62. The lowest BCUT2D eigenvalue weighted by atomic mass is 9.81. The standard InChI is InChI=1S/C13H23N5/c1-10-5-15-8-13(10,2)9-16-12-3-4-17-18(12)11-6-14-7-11/h3-4,10-11,14-16H,5-9H2,1-2H3/t10-,13+/m0/s1. The zero-order chi connectivity index (χ0) is 12.6. The Morgan fingerprint density at radius 2 is 2.28 bits per heavy atom. The van der Waals surface area contributed by atoms with Gasteiger partial charge in [0, 0.05) is 37.7 Å². The van der Waals surface area contributed by atoms with E-state index in [1.165, 1.54) is 0 Å². The normalized spacial score (nSPS) is 32.4. The smallest absolute Gasteiger partial charge is 0.124 e. The fraction of sp³-hybridized carbons (Fsp3) is 0.769. The van der Waals surface area contributed by atoms with Crippen LogP contribution in [0.3, 0.4) is 0 Å². The van der Waals surface area contributed by atoms with E-state index in [-0.39, 0.29) is 0 Å². The molecule has 3 rings (SSSR count). The number of anilines is 1. The minimum atomic E-state index is 0.340. The molecule has 2 fully saturated rings. The molecule has 2 aliphatic rings. The van der Waals surface area contributed by atoms with E-state index in [0.29, 0.717) is 17.4 Å². The van der Waals surface area contributed by atoms with E-state index in [9.17, 15) is 0 Å². The predicted molar refractivity (Wildman–Crippen MR) is 72.8 cm³/mol. The van der Waals surface area contributed by atoms with Gasteiger partial charge in [0.25, 0.3) is 0 Å². The molecule has 0 aromatic carbocycles. The van der Waals surface area contributed by atoms with Gasteiger partial charge in [-0.3, -0.25) is 0 Å². The van der Waals surface area contributed by atoms with Crippen molar-refractivity contribution in [3.05, 3.63) is 12.3 Å². The van der Waals surface area contributed by atoms with Crippen LogP contribution in [0.25, 0.3) is 0 Å². The van der Waals surface area contributed by atoms with Crippen LogP contribution in [0.4, 0.5) is 5.82 Å². The second-order valence-electron chi connectivity index (χ2n) is 6.01. The summed E-state index contributed by atoms with van der Waals surface area (Å²) < 4.78 is 2.12. The SMILES string of the molecule is C[C@H]1CNC[C@]1(C)CNc1ccnn1C1CNC1. The highest BCUT2D eigenvalue weighted by molar-refractivity contribution is 5.35. The Bertz CT molecular complexity index is 411. The van der Waals surface area contributed by atoms with Gasteiger partial charge in [-0.05, 0) is 12.5 Å². The van der Waals surface area contributed by atoms with Gasteiger partial charge in [0.1, 0.15) is 5.82 Å². The Balaban J connectivity index is 1.64. The number of nitrogens with zero attached hydrogens (tertiary/aromatic N) is 2. The first-order chi connectivity index (χ1) is 8.69. The second kappa shape index (κ2) is 4.55. The number of hydrogen-bond donors (Lipinski definition) is 3. The van der Waals surface area contributed by atoms with Crippen LogP contribution in [0, 0.1) is 11.3 Å². The molecule has 0 saturated carbocycles. The number of hydrogen-bond acceptors (Lipinski definition) is 4. The summed E-state index contributed by atoms with van der Waals surface area (Å²) in [7, 11) is 0. The lowest BCUT2D eigenvalue weighted by molar-refractivity contribution is 0.291. The van der Waals surface area contributed by atoms with Crippen molar-refractivity contribution in [2.45, 2.75) is 19.9 Å². The zero-order valence-electron chi connectivity index (χ0n) is 11.2. The molecule has 5 nitrogen and oxygen atoms in total. The van der Waals surface area contributed by atoms with E-state index in [2.05, 4.69) is 45.6 Å². The van der Waals surface area contributed by atoms with E-state index in [1.54, 1.807) is 0 Å². The Morgan fingerprint density at radius 3 is 2.89 bits per heavy atom. The van der Waals surface area contributed by atoms with Gasteiger partial charge in [0.15, 0.2) is 0 Å². The lowest BCUT2D eigenvalue weighted by Crippen LogP contribution is -2.44. The van der Waals surface area contributed by atoms with Crippen LogP contribution in [0.2, 0.25) is 0 Å². The summed E-state index contributed by atoms with van der Waals surface area (Å²) in [5.74, 6) is 1.87. The van der Waals surface area contributed by atoms with Crippen molar-refractivity contribution < 1.29 is 0 Å². The molecule has 2 aliphatic heterocycles. The van der Waals surface area contributed by atoms with Crippen molar-refractivity contribution in [3.63, 3.8) is 0 Å². The average Bonchev–Trinajstić information content (AvgIpc) is 2.84. The summed E-state index contributed by atoms with van der Waals surface area (Å²) in [5.41, 5.74) is 0.340. The van der Waals surface area contributed by atoms with E-state index in [1.807, 2.05) is 6.20 Å². The van der Waals surface area contributed by atoms with Gasteiger partial charge in [0.2, 0.25) is 0 Å². The molecule has 0 amide bonds. The van der Waals surface area contributed by atoms with Crippen LogP contribution in [0.5, 0.6) is 0 Å². The van der Waals surface area contributed by atoms with Gasteiger partial charge in [-0.2, -0.15) is 5.10 Å². The van der Waals surface area contributed by atoms with E-state index < -0.39 is 0 Å². The molecule has 1 aromatic rings. The second-order valence-corrected chi connectivity index (χ2v) is 6.01. The van der Waals surface area contributed by atoms with Crippen LogP contribution < -0.4 is 16.0 Å². The van der Waals surface area contributed by atoms with E-state index in [0.717, 1.165) is 38.5 Å². The molecule has 2 atom stereocenters. The summed E-state index contributed by atoms with van der Waals surface area (Å²) in [6, 6.07) is 2.60. The van der Waals surface area contributed by atoms with Crippen molar-refractivity contribution in [2.75, 3.05) is 38.0 Å². The highest BCUT2D eigenvalue weighted by Crippen LogP contribution is 2.31. The monoisotopic (exact) mass is 249 g/mol. The minimum absolute atomic E-state index is 0.340. The molecule has 3 N–H and O–H groups in total. The molecule has 2 saturated heterocycles. The van der Waals surface area contributed by atoms with Crippen LogP contribution in [-0.2, 0) is 0 Å². The molecule has 0 radical (unpaired) electrons. The van der Waals surface area contributed by atoms with Crippen LogP contribution in [-0.4, -0.2) is 42.5 Å². The van der Waals surface area contributed by atoms with Crippen molar-refractivity contribution in [1.82, 2.24) is 20.4 Å². The molecule has 0 unspecified atom stereocenters. The van der Waals surface area contributed by atoms with Gasteiger partial charge in [0.05, 0.1) is 12.2 Å². The highest BCUT2D eigenvalue weighted by atomic mass is 15.4. The third-order valence-corrected chi connectivity index (χ3v) is 4.62. The fourth-order valence-electron chi connectivity index (χ4n) is 2.72. The molecular formula is C13H23N5. The zero-order valence-corrected chi connectivity index (χ0v) is 11.2. The minimum Gasteiger partial charge on any atom is -0.370 e. The van der Waals surface area contributed by atoms with E-state index in [4.69, 9.17) is 0 Å². The molecule has 0 spiro atoms. The van der Waals surface area contributed by atoms with Crippen molar-refractivity contribution in [3.8, 4) is 0 Å². The first kappa shape index (κ1) is 12.0. The maximum Gasteiger partial charge on any atom is 0.124 e. The number of aromatic nitrogens is 2. The van der Waals surface area contributed by atoms with Crippen molar-refractivity contribution >= 4 is 5.82 Å². The molecule has 100 valence electrons. The predicted octanol–water partition coefficient (Wildman–Crippen LogP) is 0.685. The summed E-state index contributed by atoms with van der Waals surface area (Å²) in [5, 5.41) is 14.8. The summed E-state index contributed by atoms with van der Waals surface area (Å²) in [4.78, 5) is 0. The lowest BCUT2D eigenvalue weighted by Gasteiger charge is -2.31. The van der Waals surface area contributed by atoms with Gasteiger partial charge in [-0.1, -0.05) is 13.8 Å². The van der Waals surface area contributed by atoms with Crippen molar-refractivity contribution in [2.24, 2.45) is 11.3 Å². The maximum absolute atomic E-state index is 4.42. The molecule has 1 aromatic heterocycles. The quantitative estimate of drug-likeness (QED) is 0.735. The van der Waals surface area contributed by atoms with E-state index >= 15 is 0 Å². The number of nitrogens with one attached hydrogen (secondary N) is 3. The first-order valence-corrected chi connectivity index (χ1v) is 6.88. The molecule has 18 heavy (non-hydrogen) atoms. The molecular weight excluding hydrogens is 226 g/mol. The van der Waals surface area contributed by atoms with Crippen molar-refractivity contribution in [1.29, 1.82) is 0 Å². The van der Waals surface area contributed by atoms with Gasteiger partial charge in [-0.15, -0.1) is 0 Å². The Labute approximate surface area is 108 Å². The Hall–Kier alpha value is -1.07. The first-order valence-electron chi connectivity index (χ1n) is 6.88. The van der Waals surface area contributed by atoms with Crippen LogP contribution in [0.1, 0.15) is 19.9 Å². The Kier molecular flexibility index (Phi) is 3.03. The largest absolute Gasteiger partial charge is 0.370 e. The summed E-state index contributed by atoms with van der Waals surface area (Å²) >= 11 is 0. The van der Waals surface area contributed by atoms with Gasteiger partial charge < -0.3 is 16.0 Å². The average molecular weight is 249 g/mol. The third kappa shape index (κ3) is 2.01. The fourth-order valence-corrected chi connectivity index (χ4v) is 2.72. The topological polar surface area (TPSA) is 53.9 Å². The summed E-state index contributed by atoms with van der Waals surface area (Å²) in [6.45, 7) is 9.99. The molecule has 3 heterocycles. The Morgan fingerprint density at radius 1 is 1.44 bits per heavy atom. The number of rotatable bonds is 4.